The molecule has 1 atom stereocenters. The average Bonchev–Trinajstić information content (AvgIpc) is 2.77. The summed E-state index contributed by atoms with van der Waals surface area (Å²) in [5, 5.41) is 0. The van der Waals surface area contributed by atoms with E-state index in [0.29, 0.717) is 4.88 Å². The molecule has 5 heteroatoms. The number of hydrogen-bond acceptors (Lipinski definition) is 2. The van der Waals surface area contributed by atoms with Gasteiger partial charge >= 0.3 is 6.18 Å². The van der Waals surface area contributed by atoms with Crippen molar-refractivity contribution in [3.63, 3.8) is 0 Å². The Bertz CT molecular complexity index is 504. The lowest BCUT2D eigenvalue weighted by Crippen LogP contribution is -2.38. The van der Waals surface area contributed by atoms with Crippen LogP contribution in [0.15, 0.2) is 42.5 Å². The maximum atomic E-state index is 12.3. The molecule has 2 N–H and O–H groups in total. The largest absolute Gasteiger partial charge is 0.403 e. The zero-order valence-corrected chi connectivity index (χ0v) is 10.3. The summed E-state index contributed by atoms with van der Waals surface area (Å²) in [5.41, 5.74) is 6.12. The maximum Gasteiger partial charge on any atom is 0.403 e. The fourth-order valence-electron chi connectivity index (χ4n) is 1.58. The Kier molecular flexibility index (Phi) is 3.73. The number of benzene rings is 1. The van der Waals surface area contributed by atoms with E-state index in [4.69, 9.17) is 5.73 Å². The zero-order chi connectivity index (χ0) is 13.2. The van der Waals surface area contributed by atoms with Crippen LogP contribution >= 0.6 is 11.3 Å². The van der Waals surface area contributed by atoms with Gasteiger partial charge in [0.05, 0.1) is 0 Å². The second-order valence-corrected chi connectivity index (χ2v) is 5.15. The third-order valence-corrected chi connectivity index (χ3v) is 3.72. The second-order valence-electron chi connectivity index (χ2n) is 3.98. The first-order chi connectivity index (χ1) is 8.47. The molecule has 0 saturated carbocycles. The third-order valence-electron chi connectivity index (χ3n) is 2.56. The second kappa shape index (κ2) is 5.12. The highest BCUT2D eigenvalue weighted by Crippen LogP contribution is 2.30. The van der Waals surface area contributed by atoms with Crippen LogP contribution in [0.4, 0.5) is 13.2 Å². The van der Waals surface area contributed by atoms with E-state index >= 15 is 0 Å². The van der Waals surface area contributed by atoms with Gasteiger partial charge in [-0.1, -0.05) is 30.3 Å². The van der Waals surface area contributed by atoms with E-state index in [0.717, 1.165) is 10.4 Å². The molecule has 1 aromatic heterocycles. The molecule has 0 saturated heterocycles. The minimum atomic E-state index is -4.34. The van der Waals surface area contributed by atoms with Gasteiger partial charge < -0.3 is 5.73 Å². The minimum Gasteiger partial charge on any atom is -0.320 e. The van der Waals surface area contributed by atoms with Gasteiger partial charge in [-0.25, -0.2) is 0 Å². The summed E-state index contributed by atoms with van der Waals surface area (Å²) in [4.78, 5) is 1.61. The van der Waals surface area contributed by atoms with E-state index in [-0.39, 0.29) is 6.42 Å². The first-order valence-electron chi connectivity index (χ1n) is 5.43. The first-order valence-corrected chi connectivity index (χ1v) is 6.25. The molecule has 1 nitrogen and oxygen atoms in total. The van der Waals surface area contributed by atoms with Crippen molar-refractivity contribution in [3.05, 3.63) is 47.3 Å². The van der Waals surface area contributed by atoms with E-state index in [1.54, 1.807) is 6.07 Å². The fraction of sp³-hybridized carbons (Fsp3) is 0.231. The summed E-state index contributed by atoms with van der Waals surface area (Å²) < 4.78 is 37.0. The molecule has 0 amide bonds. The van der Waals surface area contributed by atoms with E-state index < -0.39 is 12.2 Å². The van der Waals surface area contributed by atoms with E-state index in [9.17, 15) is 13.2 Å². The number of alkyl halides is 3. The molecule has 0 bridgehead atoms. The molecule has 0 aliphatic rings. The van der Waals surface area contributed by atoms with Crippen LogP contribution in [0.1, 0.15) is 4.88 Å². The highest BCUT2D eigenvalue weighted by atomic mass is 32.1. The van der Waals surface area contributed by atoms with Crippen molar-refractivity contribution in [1.29, 1.82) is 0 Å². The van der Waals surface area contributed by atoms with Crippen molar-refractivity contribution in [2.45, 2.75) is 18.6 Å². The van der Waals surface area contributed by atoms with Gasteiger partial charge in [0, 0.05) is 16.2 Å². The normalized spacial score (nSPS) is 13.6. The summed E-state index contributed by atoms with van der Waals surface area (Å²) in [5.74, 6) is 0. The molecule has 1 heterocycles. The van der Waals surface area contributed by atoms with Crippen LogP contribution in [0.25, 0.3) is 10.4 Å². The van der Waals surface area contributed by atoms with Gasteiger partial charge in [-0.3, -0.25) is 0 Å². The Labute approximate surface area is 107 Å². The van der Waals surface area contributed by atoms with Gasteiger partial charge in [-0.2, -0.15) is 13.2 Å². The van der Waals surface area contributed by atoms with Crippen LogP contribution in [0.5, 0.6) is 0 Å². The quantitative estimate of drug-likeness (QED) is 0.901. The van der Waals surface area contributed by atoms with Gasteiger partial charge in [0.25, 0.3) is 0 Å². The number of hydrogen-bond donors (Lipinski definition) is 1. The summed E-state index contributed by atoms with van der Waals surface area (Å²) >= 11 is 1.35. The Morgan fingerprint density at radius 2 is 1.72 bits per heavy atom. The third kappa shape index (κ3) is 3.11. The molecular formula is C13H12F3NS. The molecule has 1 unspecified atom stereocenters. The van der Waals surface area contributed by atoms with Crippen LogP contribution in [0, 0.1) is 0 Å². The number of thiophene rings is 1. The lowest BCUT2D eigenvalue weighted by molar-refractivity contribution is -0.147. The smallest absolute Gasteiger partial charge is 0.320 e. The molecule has 1 aromatic carbocycles. The highest BCUT2D eigenvalue weighted by molar-refractivity contribution is 7.15. The van der Waals surface area contributed by atoms with Crippen molar-refractivity contribution in [2.75, 3.05) is 0 Å². The van der Waals surface area contributed by atoms with Crippen molar-refractivity contribution in [3.8, 4) is 10.4 Å². The van der Waals surface area contributed by atoms with Crippen molar-refractivity contribution < 1.29 is 13.2 Å². The fourth-order valence-corrected chi connectivity index (χ4v) is 2.65. The van der Waals surface area contributed by atoms with Crippen LogP contribution < -0.4 is 5.73 Å². The van der Waals surface area contributed by atoms with Crippen molar-refractivity contribution in [1.82, 2.24) is 0 Å². The van der Waals surface area contributed by atoms with Crippen LogP contribution in [-0.2, 0) is 6.42 Å². The minimum absolute atomic E-state index is 0.166. The van der Waals surface area contributed by atoms with Crippen LogP contribution in [0.3, 0.4) is 0 Å². The predicted molar refractivity (Wildman–Crippen MR) is 67.5 cm³/mol. The van der Waals surface area contributed by atoms with Gasteiger partial charge in [0.15, 0.2) is 0 Å². The molecule has 0 fully saturated rings. The van der Waals surface area contributed by atoms with E-state index in [2.05, 4.69) is 0 Å². The Morgan fingerprint density at radius 3 is 2.33 bits per heavy atom. The van der Waals surface area contributed by atoms with E-state index in [1.807, 2.05) is 36.4 Å². The number of halogens is 3. The SMILES string of the molecule is NC(Cc1ccc(-c2ccccc2)s1)C(F)(F)F. The molecule has 0 spiro atoms. The van der Waals surface area contributed by atoms with Gasteiger partial charge in [0.2, 0.25) is 0 Å². The molecule has 2 rings (SSSR count). The summed E-state index contributed by atoms with van der Waals surface area (Å²) in [6, 6.07) is 11.3. The summed E-state index contributed by atoms with van der Waals surface area (Å²) in [6.45, 7) is 0. The zero-order valence-electron chi connectivity index (χ0n) is 9.45. The van der Waals surface area contributed by atoms with Crippen molar-refractivity contribution in [2.24, 2.45) is 5.73 Å². The molecular weight excluding hydrogens is 259 g/mol. The van der Waals surface area contributed by atoms with Crippen LogP contribution in [0.2, 0.25) is 0 Å². The summed E-state index contributed by atoms with van der Waals surface area (Å²) in [7, 11) is 0. The Hall–Kier alpha value is -1.33. The predicted octanol–water partition coefficient (Wildman–Crippen LogP) is 3.85. The molecule has 0 aliphatic carbocycles. The Morgan fingerprint density at radius 1 is 1.06 bits per heavy atom. The van der Waals surface area contributed by atoms with Gasteiger partial charge in [0.1, 0.15) is 6.04 Å². The molecule has 96 valence electrons. The van der Waals surface area contributed by atoms with Gasteiger partial charge in [-0.15, -0.1) is 11.3 Å². The highest BCUT2D eigenvalue weighted by Gasteiger charge is 2.36. The summed E-state index contributed by atoms with van der Waals surface area (Å²) in [6.07, 6.45) is -4.50. The lowest BCUT2D eigenvalue weighted by Gasteiger charge is -2.13. The molecule has 2 aromatic rings. The number of nitrogens with two attached hydrogens (primary N) is 1. The molecule has 0 radical (unpaired) electrons. The standard InChI is InChI=1S/C13H12F3NS/c14-13(15,16)12(17)8-10-6-7-11(18-10)9-4-2-1-3-5-9/h1-7,12H,8,17H2. The maximum absolute atomic E-state index is 12.3. The molecule has 0 aliphatic heterocycles. The first kappa shape index (κ1) is 13.1. The Balaban J connectivity index is 2.12. The lowest BCUT2D eigenvalue weighted by atomic mass is 10.1. The van der Waals surface area contributed by atoms with Gasteiger partial charge in [-0.05, 0) is 17.7 Å². The monoisotopic (exact) mass is 271 g/mol. The van der Waals surface area contributed by atoms with Crippen molar-refractivity contribution >= 4 is 11.3 Å². The van der Waals surface area contributed by atoms with Crippen LogP contribution in [-0.4, -0.2) is 12.2 Å². The topological polar surface area (TPSA) is 26.0 Å². The molecule has 18 heavy (non-hydrogen) atoms. The average molecular weight is 271 g/mol. The number of rotatable bonds is 3. The van der Waals surface area contributed by atoms with E-state index in [1.165, 1.54) is 11.3 Å².